The number of nitrogens with zero attached hydrogens (tertiary/aromatic N) is 4. The Balaban J connectivity index is -0.000000335. The van der Waals surface area contributed by atoms with Crippen LogP contribution < -0.4 is 31.1 Å². The Labute approximate surface area is 335 Å². The molecular formula is C34H36N6O8S2V2-10. The minimum Gasteiger partial charge on any atom is -2.00 e. The van der Waals surface area contributed by atoms with Crippen molar-refractivity contribution >= 4 is 44.3 Å². The average molecular weight is 823 g/mol. The van der Waals surface area contributed by atoms with Gasteiger partial charge in [-0.05, 0) is 31.2 Å². The van der Waals surface area contributed by atoms with Crippen molar-refractivity contribution in [2.24, 2.45) is 0 Å². The molecule has 0 aliphatic carbocycles. The molecule has 2 heterocycles. The average Bonchev–Trinajstić information content (AvgIpc) is 3.74. The Kier molecular flexibility index (Phi) is 34.8. The second-order valence-electron chi connectivity index (χ2n) is 8.69. The largest absolute Gasteiger partial charge is 2.00 e. The maximum Gasteiger partial charge on any atom is 0.210 e. The van der Waals surface area contributed by atoms with Gasteiger partial charge in [0.15, 0.2) is 0 Å². The summed E-state index contributed by atoms with van der Waals surface area (Å²) in [6.45, 7) is 5.07. The molecule has 0 saturated heterocycles. The molecule has 52 heavy (non-hydrogen) atoms. The second-order valence-corrected chi connectivity index (χ2v) is 10.6. The smallest absolute Gasteiger partial charge is 0.210 e. The molecule has 0 atom stereocenters. The van der Waals surface area contributed by atoms with E-state index in [9.17, 15) is 10.2 Å². The van der Waals surface area contributed by atoms with Crippen LogP contribution in [0.15, 0.2) is 109 Å². The quantitative estimate of drug-likeness (QED) is 0.212. The fraction of sp³-hybridized carbons (Fsp3) is 0.176. The summed E-state index contributed by atoms with van der Waals surface area (Å²) in [5.74, 6) is -0.0742. The number of hydrogen-bond acceptors (Lipinski definition) is 13. The molecule has 2 aromatic heterocycles. The molecule has 6 aromatic rings. The fourth-order valence-electron chi connectivity index (χ4n) is 3.34. The zero-order valence-corrected chi connectivity index (χ0v) is 32.7. The number of anilines is 4. The number of nitrogens with one attached hydrogen (secondary N) is 2. The standard InChI is InChI=1S/2C14H11N3OS.C2H6O.2C2H5O.3O.2V/c2*18-12-9-5-4-8-11(12)13-16-17-14(19-13)15-10-6-2-1-3-7-10;3*1-2-3;;;;;/h2*1-9,18H,(H,15,17);3H,2H2,1H3;2*2H2,1H3;;;;;/q;;;2*-1;3*-2;;/p-2. The van der Waals surface area contributed by atoms with Crippen LogP contribution >= 0.6 is 22.7 Å². The second kappa shape index (κ2) is 33.0. The van der Waals surface area contributed by atoms with Crippen LogP contribution in [0.2, 0.25) is 0 Å². The van der Waals surface area contributed by atoms with Gasteiger partial charge in [0.25, 0.3) is 0 Å². The van der Waals surface area contributed by atoms with Gasteiger partial charge in [-0.2, -0.15) is 0 Å². The predicted octanol–water partition coefficient (Wildman–Crippen LogP) is 4.42. The molecule has 0 saturated carbocycles. The van der Waals surface area contributed by atoms with Crippen molar-refractivity contribution in [3.63, 3.8) is 0 Å². The van der Waals surface area contributed by atoms with Crippen LogP contribution in [-0.4, -0.2) is 45.3 Å². The summed E-state index contributed by atoms with van der Waals surface area (Å²) in [5, 5.41) is 73.9. The minimum atomic E-state index is -0.0371. The molecule has 3 N–H and O–H groups in total. The summed E-state index contributed by atoms with van der Waals surface area (Å²) >= 11 is 2.72. The molecule has 0 fully saturated rings. The van der Waals surface area contributed by atoms with E-state index in [0.717, 1.165) is 11.4 Å². The minimum absolute atomic E-state index is 0. The molecule has 0 spiro atoms. The molecule has 0 aliphatic rings. The molecule has 2 radical (unpaired) electrons. The predicted molar refractivity (Wildman–Crippen MR) is 185 cm³/mol. The van der Waals surface area contributed by atoms with Gasteiger partial charge in [0.1, 0.15) is 10.0 Å². The maximum atomic E-state index is 11.7. The van der Waals surface area contributed by atoms with Crippen LogP contribution in [-0.2, 0) is 53.5 Å². The van der Waals surface area contributed by atoms with Crippen LogP contribution in [0.4, 0.5) is 21.6 Å². The third-order valence-electron chi connectivity index (χ3n) is 5.14. The zero-order chi connectivity index (χ0) is 34.3. The van der Waals surface area contributed by atoms with Gasteiger partial charge in [0.05, 0.1) is 0 Å². The zero-order valence-electron chi connectivity index (χ0n) is 28.3. The Hall–Kier alpha value is -3.87. The van der Waals surface area contributed by atoms with Crippen molar-refractivity contribution in [2.75, 3.05) is 30.5 Å². The van der Waals surface area contributed by atoms with Gasteiger partial charge in [-0.3, -0.25) is 0 Å². The number of para-hydroxylation sites is 4. The van der Waals surface area contributed by atoms with E-state index in [1.165, 1.54) is 34.8 Å². The summed E-state index contributed by atoms with van der Waals surface area (Å²) in [6.07, 6.45) is 0. The van der Waals surface area contributed by atoms with Crippen LogP contribution in [0.1, 0.15) is 20.8 Å². The fourth-order valence-corrected chi connectivity index (χ4v) is 4.93. The normalized spacial score (nSPS) is 8.58. The molecule has 4 aromatic carbocycles. The molecule has 0 amide bonds. The first-order chi connectivity index (χ1) is 22.9. The van der Waals surface area contributed by atoms with Crippen molar-refractivity contribution in [1.29, 1.82) is 0 Å². The van der Waals surface area contributed by atoms with Crippen molar-refractivity contribution in [1.82, 2.24) is 20.4 Å². The first-order valence-corrected chi connectivity index (χ1v) is 16.1. The van der Waals surface area contributed by atoms with Crippen molar-refractivity contribution in [3.05, 3.63) is 109 Å². The molecule has 282 valence electrons. The van der Waals surface area contributed by atoms with Crippen LogP contribution in [0.25, 0.3) is 21.1 Å². The number of aliphatic hydroxyl groups is 1. The van der Waals surface area contributed by atoms with Gasteiger partial charge in [-0.25, -0.2) is 0 Å². The van der Waals surface area contributed by atoms with E-state index in [1.807, 2.05) is 72.8 Å². The van der Waals surface area contributed by atoms with E-state index in [-0.39, 0.29) is 84.9 Å². The summed E-state index contributed by atoms with van der Waals surface area (Å²) in [4.78, 5) is 0. The molecule has 0 aliphatic heterocycles. The van der Waals surface area contributed by atoms with Crippen LogP contribution in [0.5, 0.6) is 11.5 Å². The summed E-state index contributed by atoms with van der Waals surface area (Å²) < 4.78 is 0. The Morgan fingerprint density at radius 2 is 0.788 bits per heavy atom. The summed E-state index contributed by atoms with van der Waals surface area (Å²) in [5.41, 5.74) is 3.06. The van der Waals surface area contributed by atoms with Gasteiger partial charge < -0.3 is 52.6 Å². The van der Waals surface area contributed by atoms with Crippen molar-refractivity contribution < 1.29 is 79.1 Å². The van der Waals surface area contributed by atoms with Gasteiger partial charge in [0.2, 0.25) is 10.3 Å². The molecule has 0 unspecified atom stereocenters. The van der Waals surface area contributed by atoms with Gasteiger partial charge in [-0.1, -0.05) is 133 Å². The van der Waals surface area contributed by atoms with Gasteiger partial charge >= 0.3 is 0 Å². The molecule has 14 nitrogen and oxygen atoms in total. The number of rotatable bonds is 6. The SMILES string of the molecule is CCO.CC[O-].CC[O-].[O-2].[O-2].[O-2].[O-]c1ccccc1-c1nnc(Nc2ccccc2)s1.[O-]c1ccccc1-c1nnc(Nc2ccccc2)s1.[V].[V]. The summed E-state index contributed by atoms with van der Waals surface area (Å²) in [7, 11) is 0. The molecule has 6 rings (SSSR count). The maximum absolute atomic E-state index is 11.7. The first kappa shape index (κ1) is 54.9. The number of aliphatic hydroxyl groups excluding tert-OH is 1. The number of hydrogen-bond donors (Lipinski definition) is 3. The molecule has 18 heteroatoms. The Morgan fingerprint density at radius 1 is 0.519 bits per heavy atom. The van der Waals surface area contributed by atoms with Crippen LogP contribution in [0.3, 0.4) is 0 Å². The summed E-state index contributed by atoms with van der Waals surface area (Å²) in [6, 6.07) is 33.1. The van der Waals surface area contributed by atoms with Crippen molar-refractivity contribution in [2.45, 2.75) is 20.8 Å². The third-order valence-corrected chi connectivity index (χ3v) is 6.88. The van der Waals surface area contributed by atoms with E-state index in [4.69, 9.17) is 15.3 Å². The topological polar surface area (TPSA) is 274 Å². The third kappa shape index (κ3) is 20.2. The number of aromatic nitrogens is 4. The van der Waals surface area contributed by atoms with E-state index in [0.29, 0.717) is 31.4 Å². The molecule has 0 bridgehead atoms. The molecular weight excluding hydrogens is 786 g/mol. The van der Waals surface area contributed by atoms with E-state index < -0.39 is 0 Å². The van der Waals surface area contributed by atoms with E-state index >= 15 is 0 Å². The van der Waals surface area contributed by atoms with Crippen molar-refractivity contribution in [3.8, 4) is 32.6 Å². The van der Waals surface area contributed by atoms with Gasteiger partial charge in [-0.15, -0.1) is 33.6 Å². The number of benzene rings is 4. The monoisotopic (exact) mass is 822 g/mol. The first-order valence-electron chi connectivity index (χ1n) is 14.5. The van der Waals surface area contributed by atoms with Gasteiger partial charge in [0, 0.05) is 66.2 Å². The van der Waals surface area contributed by atoms with E-state index in [1.54, 1.807) is 45.0 Å². The van der Waals surface area contributed by atoms with Crippen LogP contribution in [0, 0.1) is 0 Å². The Bertz CT molecular complexity index is 1570. The Morgan fingerprint density at radius 3 is 1.08 bits per heavy atom. The van der Waals surface area contributed by atoms with E-state index in [2.05, 4.69) is 31.0 Å².